The van der Waals surface area contributed by atoms with Gasteiger partial charge in [-0.2, -0.15) is 0 Å². The Morgan fingerprint density at radius 3 is 2.35 bits per heavy atom. The molecule has 1 aromatic heterocycles. The number of methoxy groups -OCH3 is 1. The van der Waals surface area contributed by atoms with Crippen LogP contribution in [0, 0.1) is 6.92 Å². The van der Waals surface area contributed by atoms with Gasteiger partial charge < -0.3 is 19.5 Å². The van der Waals surface area contributed by atoms with Crippen molar-refractivity contribution in [3.8, 4) is 5.75 Å². The fourth-order valence-electron chi connectivity index (χ4n) is 2.36. The molecule has 0 aliphatic rings. The van der Waals surface area contributed by atoms with Crippen LogP contribution in [0.2, 0.25) is 0 Å². The average molecular weight is 358 g/mol. The predicted molar refractivity (Wildman–Crippen MR) is 98.0 cm³/mol. The molecule has 0 unspecified atom stereocenters. The lowest BCUT2D eigenvalue weighted by Gasteiger charge is -2.11. The van der Waals surface area contributed by atoms with E-state index in [4.69, 9.17) is 14.2 Å². The molecule has 0 radical (unpaired) electrons. The zero-order chi connectivity index (χ0) is 19.1. The van der Waals surface area contributed by atoms with Crippen molar-refractivity contribution in [3.63, 3.8) is 0 Å². The number of anilines is 1. The third kappa shape index (κ3) is 4.50. The Morgan fingerprint density at radius 2 is 1.77 bits per heavy atom. The van der Waals surface area contributed by atoms with Crippen LogP contribution < -0.4 is 10.1 Å². The number of esters is 2. The topological polar surface area (TPSA) is 86.8 Å². The lowest BCUT2D eigenvalue weighted by Crippen LogP contribution is -2.19. The number of hydrogen-bond donors (Lipinski definition) is 1. The zero-order valence-electron chi connectivity index (χ0n) is 15.3. The monoisotopic (exact) mass is 358 g/mol. The van der Waals surface area contributed by atoms with Crippen molar-refractivity contribution < 1.29 is 23.8 Å². The maximum Gasteiger partial charge on any atom is 0.347 e. The highest BCUT2D eigenvalue weighted by molar-refractivity contribution is 6.14. The summed E-state index contributed by atoms with van der Waals surface area (Å²) in [5.41, 5.74) is 0.556. The number of carbonyl (C=O) groups is 2. The second-order valence-electron chi connectivity index (χ2n) is 5.34. The maximum absolute atomic E-state index is 12.0. The van der Waals surface area contributed by atoms with Gasteiger partial charge in [0.1, 0.15) is 11.6 Å². The molecule has 0 saturated carbocycles. The van der Waals surface area contributed by atoms with Crippen LogP contribution >= 0.6 is 0 Å². The van der Waals surface area contributed by atoms with Gasteiger partial charge in [0.15, 0.2) is 5.57 Å². The van der Waals surface area contributed by atoms with E-state index in [2.05, 4.69) is 10.3 Å². The highest BCUT2D eigenvalue weighted by Gasteiger charge is 2.21. The van der Waals surface area contributed by atoms with E-state index in [1.54, 1.807) is 21.0 Å². The van der Waals surface area contributed by atoms with Gasteiger partial charge in [0.05, 0.1) is 20.3 Å². The number of fused-ring (bicyclic) bond motifs is 1. The van der Waals surface area contributed by atoms with Crippen LogP contribution in [-0.2, 0) is 19.1 Å². The molecule has 1 aromatic carbocycles. The first-order valence-electron chi connectivity index (χ1n) is 8.26. The van der Waals surface area contributed by atoms with Gasteiger partial charge in [-0.25, -0.2) is 14.6 Å². The summed E-state index contributed by atoms with van der Waals surface area (Å²) in [6.07, 6.45) is 1.26. The van der Waals surface area contributed by atoms with Crippen LogP contribution in [0.15, 0.2) is 36.0 Å². The van der Waals surface area contributed by atoms with Crippen molar-refractivity contribution in [2.24, 2.45) is 0 Å². The third-order valence-corrected chi connectivity index (χ3v) is 3.51. The van der Waals surface area contributed by atoms with Crippen molar-refractivity contribution in [2.75, 3.05) is 25.6 Å². The van der Waals surface area contributed by atoms with Gasteiger partial charge in [-0.15, -0.1) is 0 Å². The second kappa shape index (κ2) is 8.84. The third-order valence-electron chi connectivity index (χ3n) is 3.51. The van der Waals surface area contributed by atoms with Gasteiger partial charge in [0.25, 0.3) is 0 Å². The minimum atomic E-state index is -0.756. The SMILES string of the molecule is CCOC(=O)C(=CNc1nc(C)cc2ccc(OC)cc12)C(=O)OCC. The molecule has 2 aromatic rings. The lowest BCUT2D eigenvalue weighted by atomic mass is 10.1. The predicted octanol–water partition coefficient (Wildman–Crippen LogP) is 2.97. The molecule has 2 rings (SSSR count). The summed E-state index contributed by atoms with van der Waals surface area (Å²) in [4.78, 5) is 28.5. The first-order chi connectivity index (χ1) is 12.5. The van der Waals surface area contributed by atoms with Crippen LogP contribution in [0.25, 0.3) is 10.8 Å². The minimum absolute atomic E-state index is 0.151. The minimum Gasteiger partial charge on any atom is -0.497 e. The summed E-state index contributed by atoms with van der Waals surface area (Å²) in [5, 5.41) is 4.67. The summed E-state index contributed by atoms with van der Waals surface area (Å²) in [6.45, 7) is 5.49. The van der Waals surface area contributed by atoms with Crippen molar-refractivity contribution >= 4 is 28.5 Å². The Morgan fingerprint density at radius 1 is 1.12 bits per heavy atom. The molecule has 1 N–H and O–H groups in total. The molecule has 0 aliphatic carbocycles. The van der Waals surface area contributed by atoms with E-state index in [1.807, 2.05) is 31.2 Å². The number of rotatable bonds is 7. The van der Waals surface area contributed by atoms with E-state index < -0.39 is 11.9 Å². The van der Waals surface area contributed by atoms with Gasteiger partial charge in [0, 0.05) is 17.3 Å². The van der Waals surface area contributed by atoms with E-state index >= 15 is 0 Å². The van der Waals surface area contributed by atoms with E-state index in [-0.39, 0.29) is 18.8 Å². The maximum atomic E-state index is 12.0. The second-order valence-corrected chi connectivity index (χ2v) is 5.34. The van der Waals surface area contributed by atoms with E-state index in [0.717, 1.165) is 16.5 Å². The fraction of sp³-hybridized carbons (Fsp3) is 0.316. The fourth-order valence-corrected chi connectivity index (χ4v) is 2.36. The number of aromatic nitrogens is 1. The number of pyridine rings is 1. The number of ether oxygens (including phenoxy) is 3. The molecule has 0 spiro atoms. The van der Waals surface area contributed by atoms with Gasteiger partial charge in [-0.3, -0.25) is 0 Å². The Kier molecular flexibility index (Phi) is 6.54. The van der Waals surface area contributed by atoms with E-state index in [0.29, 0.717) is 11.6 Å². The Balaban J connectivity index is 2.44. The highest BCUT2D eigenvalue weighted by atomic mass is 16.6. The van der Waals surface area contributed by atoms with Crippen LogP contribution in [0.5, 0.6) is 5.75 Å². The summed E-state index contributed by atoms with van der Waals surface area (Å²) in [7, 11) is 1.58. The molecule has 138 valence electrons. The van der Waals surface area contributed by atoms with E-state index in [9.17, 15) is 9.59 Å². The molecule has 0 fully saturated rings. The van der Waals surface area contributed by atoms with Crippen LogP contribution in [0.1, 0.15) is 19.5 Å². The number of benzene rings is 1. The normalized spacial score (nSPS) is 10.2. The van der Waals surface area contributed by atoms with Gasteiger partial charge in [-0.05, 0) is 44.4 Å². The Hall–Kier alpha value is -3.09. The molecular weight excluding hydrogens is 336 g/mol. The average Bonchev–Trinajstić information content (AvgIpc) is 2.61. The van der Waals surface area contributed by atoms with E-state index in [1.165, 1.54) is 6.20 Å². The van der Waals surface area contributed by atoms with Crippen molar-refractivity contribution in [1.82, 2.24) is 4.98 Å². The molecule has 0 aliphatic heterocycles. The number of nitrogens with one attached hydrogen (secondary N) is 1. The first kappa shape index (κ1) is 19.2. The lowest BCUT2D eigenvalue weighted by molar-refractivity contribution is -0.146. The van der Waals surface area contributed by atoms with Gasteiger partial charge in [-0.1, -0.05) is 6.07 Å². The summed E-state index contributed by atoms with van der Waals surface area (Å²) < 4.78 is 15.1. The summed E-state index contributed by atoms with van der Waals surface area (Å²) in [6, 6.07) is 7.52. The van der Waals surface area contributed by atoms with Crippen LogP contribution in [0.3, 0.4) is 0 Å². The molecular formula is C19H22N2O5. The summed E-state index contributed by atoms with van der Waals surface area (Å²) >= 11 is 0. The quantitative estimate of drug-likeness (QED) is 0.352. The number of hydrogen-bond acceptors (Lipinski definition) is 7. The number of carbonyl (C=O) groups excluding carboxylic acids is 2. The molecule has 0 bridgehead atoms. The molecule has 26 heavy (non-hydrogen) atoms. The molecule has 7 nitrogen and oxygen atoms in total. The zero-order valence-corrected chi connectivity index (χ0v) is 15.3. The van der Waals surface area contributed by atoms with Gasteiger partial charge >= 0.3 is 11.9 Å². The van der Waals surface area contributed by atoms with Crippen molar-refractivity contribution in [3.05, 3.63) is 41.7 Å². The molecule has 7 heteroatoms. The van der Waals surface area contributed by atoms with Crippen molar-refractivity contribution in [1.29, 1.82) is 0 Å². The van der Waals surface area contributed by atoms with Crippen LogP contribution in [0.4, 0.5) is 5.82 Å². The first-order valence-corrected chi connectivity index (χ1v) is 8.26. The summed E-state index contributed by atoms with van der Waals surface area (Å²) in [5.74, 6) is -0.350. The Bertz CT molecular complexity index is 825. The number of nitrogens with zero attached hydrogens (tertiary/aromatic N) is 1. The number of aryl methyl sites for hydroxylation is 1. The standard InChI is InChI=1S/C19H22N2O5/c1-5-25-18(22)16(19(23)26-6-2)11-20-17-15-10-14(24-4)8-7-13(15)9-12(3)21-17/h7-11H,5-6H2,1-4H3,(H,20,21). The molecule has 0 amide bonds. The molecule has 1 heterocycles. The van der Waals surface area contributed by atoms with Gasteiger partial charge in [0.2, 0.25) is 0 Å². The van der Waals surface area contributed by atoms with Crippen LogP contribution in [-0.4, -0.2) is 37.2 Å². The highest BCUT2D eigenvalue weighted by Crippen LogP contribution is 2.27. The Labute approximate surface area is 152 Å². The smallest absolute Gasteiger partial charge is 0.347 e. The molecule has 0 atom stereocenters. The van der Waals surface area contributed by atoms with Crippen molar-refractivity contribution in [2.45, 2.75) is 20.8 Å². The molecule has 0 saturated heterocycles. The largest absolute Gasteiger partial charge is 0.497 e.